The number of anilines is 1. The Kier molecular flexibility index (Phi) is 4.07. The minimum atomic E-state index is -4.57. The maximum atomic E-state index is 13.6. The van der Waals surface area contributed by atoms with Crippen LogP contribution in [0, 0.1) is 0 Å². The van der Waals surface area contributed by atoms with E-state index in [1.807, 2.05) is 0 Å². The molecular formula is C16H14F3N5O. The highest BCUT2D eigenvalue weighted by Gasteiger charge is 2.35. The summed E-state index contributed by atoms with van der Waals surface area (Å²) in [5.74, 6) is 0.0610. The number of nitrogens with two attached hydrogens (primary N) is 1. The Balaban J connectivity index is 2.12. The average Bonchev–Trinajstić information content (AvgIpc) is 2.53. The lowest BCUT2D eigenvalue weighted by Crippen LogP contribution is -2.43. The number of aromatic nitrogens is 1. The Bertz CT molecular complexity index is 863. The number of hydrogen-bond acceptors (Lipinski definition) is 5. The third-order valence-corrected chi connectivity index (χ3v) is 3.70. The zero-order valence-electron chi connectivity index (χ0n) is 13.1. The van der Waals surface area contributed by atoms with Crippen molar-refractivity contribution in [1.82, 2.24) is 15.3 Å². The largest absolute Gasteiger partial charge is 0.417 e. The summed E-state index contributed by atoms with van der Waals surface area (Å²) in [5, 5.41) is 3.85. The molecule has 0 radical (unpaired) electrons. The van der Waals surface area contributed by atoms with Gasteiger partial charge in [-0.1, -0.05) is 12.1 Å². The Morgan fingerprint density at radius 3 is 2.60 bits per heavy atom. The summed E-state index contributed by atoms with van der Waals surface area (Å²) < 4.78 is 40.7. The van der Waals surface area contributed by atoms with Crippen molar-refractivity contribution in [2.45, 2.75) is 6.18 Å². The maximum Gasteiger partial charge on any atom is 0.417 e. The molecule has 1 aliphatic heterocycles. The number of alkyl halides is 3. The summed E-state index contributed by atoms with van der Waals surface area (Å²) in [6.45, 7) is 0.0167. The van der Waals surface area contributed by atoms with E-state index >= 15 is 0 Å². The monoisotopic (exact) mass is 349 g/mol. The van der Waals surface area contributed by atoms with Crippen molar-refractivity contribution in [3.8, 4) is 11.1 Å². The summed E-state index contributed by atoms with van der Waals surface area (Å²) in [6.07, 6.45) is -3.21. The molecule has 0 fully saturated rings. The number of hydrazone groups is 1. The van der Waals surface area contributed by atoms with Crippen LogP contribution in [0.15, 0.2) is 41.6 Å². The van der Waals surface area contributed by atoms with Gasteiger partial charge in [-0.3, -0.25) is 4.79 Å². The lowest BCUT2D eigenvalue weighted by atomic mass is 9.97. The van der Waals surface area contributed by atoms with Crippen molar-refractivity contribution in [1.29, 1.82) is 0 Å². The molecule has 3 rings (SSSR count). The highest BCUT2D eigenvalue weighted by Crippen LogP contribution is 2.38. The minimum Gasteiger partial charge on any atom is -0.384 e. The van der Waals surface area contributed by atoms with E-state index in [0.29, 0.717) is 5.56 Å². The number of amides is 1. The van der Waals surface area contributed by atoms with Crippen LogP contribution < -0.4 is 11.2 Å². The number of amidine groups is 1. The van der Waals surface area contributed by atoms with E-state index in [9.17, 15) is 18.0 Å². The highest BCUT2D eigenvalue weighted by molar-refractivity contribution is 6.03. The molecule has 0 atom stereocenters. The molecule has 9 heteroatoms. The van der Waals surface area contributed by atoms with E-state index in [4.69, 9.17) is 5.73 Å². The quantitative estimate of drug-likeness (QED) is 0.869. The summed E-state index contributed by atoms with van der Waals surface area (Å²) in [4.78, 5) is 16.6. The molecule has 0 bridgehead atoms. The number of hydrogen-bond donors (Lipinski definition) is 2. The van der Waals surface area contributed by atoms with Crippen molar-refractivity contribution in [2.75, 3.05) is 19.3 Å². The van der Waals surface area contributed by atoms with Gasteiger partial charge in [-0.05, 0) is 29.3 Å². The number of carbonyl (C=O) groups excluding carboxylic acids is 1. The van der Waals surface area contributed by atoms with Crippen molar-refractivity contribution in [2.24, 2.45) is 5.10 Å². The van der Waals surface area contributed by atoms with E-state index in [1.54, 1.807) is 7.05 Å². The molecule has 1 amide bonds. The lowest BCUT2D eigenvalue weighted by Gasteiger charge is -2.25. The van der Waals surface area contributed by atoms with Gasteiger partial charge in [0, 0.05) is 18.8 Å². The van der Waals surface area contributed by atoms with E-state index in [-0.39, 0.29) is 35.2 Å². The van der Waals surface area contributed by atoms with Crippen molar-refractivity contribution >= 4 is 17.6 Å². The first kappa shape index (κ1) is 16.7. The second-order valence-corrected chi connectivity index (χ2v) is 5.55. The van der Waals surface area contributed by atoms with Gasteiger partial charge in [0.15, 0.2) is 5.84 Å². The van der Waals surface area contributed by atoms with E-state index in [1.165, 1.54) is 35.4 Å². The van der Waals surface area contributed by atoms with Crippen LogP contribution in [0.5, 0.6) is 0 Å². The van der Waals surface area contributed by atoms with Gasteiger partial charge in [-0.2, -0.15) is 18.3 Å². The van der Waals surface area contributed by atoms with Gasteiger partial charge in [0.05, 0.1) is 12.1 Å². The summed E-state index contributed by atoms with van der Waals surface area (Å²) in [5.41, 5.74) is 7.60. The van der Waals surface area contributed by atoms with Crippen LogP contribution in [-0.4, -0.2) is 35.2 Å². The van der Waals surface area contributed by atoms with Gasteiger partial charge in [-0.15, -0.1) is 0 Å². The molecule has 25 heavy (non-hydrogen) atoms. The fourth-order valence-electron chi connectivity index (χ4n) is 2.60. The molecule has 0 saturated carbocycles. The molecule has 1 aliphatic rings. The summed E-state index contributed by atoms with van der Waals surface area (Å²) in [6, 6.07) is 6.74. The van der Waals surface area contributed by atoms with Gasteiger partial charge in [0.25, 0.3) is 5.91 Å². The zero-order valence-corrected chi connectivity index (χ0v) is 13.1. The molecule has 6 nitrogen and oxygen atoms in total. The molecule has 1 aromatic carbocycles. The number of nitrogens with one attached hydrogen (secondary N) is 1. The summed E-state index contributed by atoms with van der Waals surface area (Å²) in [7, 11) is 1.59. The molecule has 2 heterocycles. The lowest BCUT2D eigenvalue weighted by molar-refractivity contribution is -0.137. The van der Waals surface area contributed by atoms with Crippen molar-refractivity contribution in [3.05, 3.63) is 47.7 Å². The van der Waals surface area contributed by atoms with Crippen LogP contribution in [0.4, 0.5) is 19.0 Å². The molecule has 3 N–H and O–H groups in total. The number of likely N-dealkylation sites (N-methyl/N-ethyl adjacent to an activating group) is 1. The molecule has 1 aromatic heterocycles. The SMILES string of the molecule is CN1CC(=O)NN=C1c1ccc(-c2ccnc(N)c2)c(C(F)(F)F)c1. The van der Waals surface area contributed by atoms with Crippen molar-refractivity contribution in [3.63, 3.8) is 0 Å². The van der Waals surface area contributed by atoms with Gasteiger partial charge in [0.2, 0.25) is 0 Å². The van der Waals surface area contributed by atoms with Gasteiger partial charge in [-0.25, -0.2) is 10.4 Å². The zero-order chi connectivity index (χ0) is 18.2. The van der Waals surface area contributed by atoms with Crippen LogP contribution in [0.3, 0.4) is 0 Å². The van der Waals surface area contributed by atoms with Crippen molar-refractivity contribution < 1.29 is 18.0 Å². The first-order valence-corrected chi connectivity index (χ1v) is 7.27. The number of benzene rings is 1. The van der Waals surface area contributed by atoms with E-state index < -0.39 is 11.7 Å². The van der Waals surface area contributed by atoms with Crippen LogP contribution >= 0.6 is 0 Å². The molecule has 0 aliphatic carbocycles. The van der Waals surface area contributed by atoms with Crippen LogP contribution in [0.25, 0.3) is 11.1 Å². The predicted molar refractivity (Wildman–Crippen MR) is 86.4 cm³/mol. The topological polar surface area (TPSA) is 83.6 Å². The Morgan fingerprint density at radius 2 is 1.96 bits per heavy atom. The third-order valence-electron chi connectivity index (χ3n) is 3.70. The average molecular weight is 349 g/mol. The second-order valence-electron chi connectivity index (χ2n) is 5.55. The van der Waals surface area contributed by atoms with E-state index in [0.717, 1.165) is 6.07 Å². The van der Waals surface area contributed by atoms with Gasteiger partial charge < -0.3 is 10.6 Å². The number of carbonyl (C=O) groups is 1. The number of nitrogens with zero attached hydrogens (tertiary/aromatic N) is 3. The Hall–Kier alpha value is -3.10. The van der Waals surface area contributed by atoms with E-state index in [2.05, 4.69) is 15.5 Å². The molecule has 0 unspecified atom stereocenters. The fourth-order valence-corrected chi connectivity index (χ4v) is 2.60. The predicted octanol–water partition coefficient (Wildman–Crippen LogP) is 2.07. The minimum absolute atomic E-state index is 0.00607. The van der Waals surface area contributed by atoms with Gasteiger partial charge in [0.1, 0.15) is 5.82 Å². The van der Waals surface area contributed by atoms with Crippen LogP contribution in [0.1, 0.15) is 11.1 Å². The smallest absolute Gasteiger partial charge is 0.384 e. The summed E-state index contributed by atoms with van der Waals surface area (Å²) >= 11 is 0. The normalized spacial score (nSPS) is 15.0. The molecule has 0 saturated heterocycles. The highest BCUT2D eigenvalue weighted by atomic mass is 19.4. The Labute approximate surface area is 141 Å². The maximum absolute atomic E-state index is 13.6. The number of rotatable bonds is 2. The molecule has 2 aromatic rings. The first-order valence-electron chi connectivity index (χ1n) is 7.27. The standard InChI is InChI=1S/C16H14F3N5O/c1-24-8-14(25)22-23-15(24)10-2-3-11(12(6-10)16(17,18)19)9-4-5-21-13(20)7-9/h2-7H,8H2,1H3,(H2,20,21)(H,22,25). The first-order chi connectivity index (χ1) is 11.8. The molecular weight excluding hydrogens is 335 g/mol. The Morgan fingerprint density at radius 1 is 1.20 bits per heavy atom. The van der Waals surface area contributed by atoms with Crippen LogP contribution in [0.2, 0.25) is 0 Å². The third kappa shape index (κ3) is 3.39. The number of pyridine rings is 1. The van der Waals surface area contributed by atoms with Crippen LogP contribution in [-0.2, 0) is 11.0 Å². The number of nitrogen functional groups attached to an aromatic ring is 1. The van der Waals surface area contributed by atoms with Gasteiger partial charge >= 0.3 is 6.18 Å². The molecule has 0 spiro atoms. The second kappa shape index (κ2) is 6.08. The fraction of sp³-hybridized carbons (Fsp3) is 0.188. The number of halogens is 3. The molecule has 130 valence electrons.